The van der Waals surface area contributed by atoms with Crippen LogP contribution in [0.2, 0.25) is 0 Å². The van der Waals surface area contributed by atoms with E-state index in [2.05, 4.69) is 4.74 Å². The smallest absolute Gasteiger partial charge is 0.338 e. The highest BCUT2D eigenvalue weighted by molar-refractivity contribution is 6.09. The Morgan fingerprint density at radius 1 is 1.29 bits per heavy atom. The van der Waals surface area contributed by atoms with E-state index < -0.39 is 5.97 Å². The van der Waals surface area contributed by atoms with Crippen molar-refractivity contribution in [2.75, 3.05) is 7.11 Å². The van der Waals surface area contributed by atoms with Crippen molar-refractivity contribution in [3.05, 3.63) is 41.5 Å². The number of hydrogen-bond acceptors (Lipinski definition) is 4. The van der Waals surface area contributed by atoms with Gasteiger partial charge in [0.1, 0.15) is 5.75 Å². The van der Waals surface area contributed by atoms with Gasteiger partial charge in [0.25, 0.3) is 0 Å². The number of rotatable bonds is 2. The summed E-state index contributed by atoms with van der Waals surface area (Å²) in [4.78, 5) is 22.4. The highest BCUT2D eigenvalue weighted by atomic mass is 16.5. The summed E-state index contributed by atoms with van der Waals surface area (Å²) >= 11 is 0. The summed E-state index contributed by atoms with van der Waals surface area (Å²) in [5.74, 6) is -0.660. The summed E-state index contributed by atoms with van der Waals surface area (Å²) in [6.45, 7) is 0. The Labute approximate surface area is 97.4 Å². The zero-order chi connectivity index (χ0) is 12.4. The van der Waals surface area contributed by atoms with Crippen molar-refractivity contribution in [2.45, 2.75) is 0 Å². The Bertz CT molecular complexity index is 602. The summed E-state index contributed by atoms with van der Waals surface area (Å²) in [7, 11) is 1.27. The number of carbonyl (C=O) groups excluding carboxylic acids is 2. The van der Waals surface area contributed by atoms with Crippen LogP contribution >= 0.6 is 0 Å². The predicted molar refractivity (Wildman–Crippen MR) is 62.3 cm³/mol. The lowest BCUT2D eigenvalue weighted by Crippen LogP contribution is -2.03. The molecule has 4 nitrogen and oxygen atoms in total. The van der Waals surface area contributed by atoms with Crippen LogP contribution in [0, 0.1) is 0 Å². The van der Waals surface area contributed by atoms with E-state index in [0.29, 0.717) is 17.1 Å². The lowest BCUT2D eigenvalue weighted by Gasteiger charge is -2.08. The molecule has 4 heteroatoms. The van der Waals surface area contributed by atoms with Crippen molar-refractivity contribution in [3.8, 4) is 5.75 Å². The largest absolute Gasteiger partial charge is 0.507 e. The third-order valence-electron chi connectivity index (χ3n) is 2.58. The molecule has 0 atom stereocenters. The number of carbonyl (C=O) groups is 2. The summed E-state index contributed by atoms with van der Waals surface area (Å²) in [6.07, 6.45) is 0.508. The quantitative estimate of drug-likeness (QED) is 0.634. The Kier molecular flexibility index (Phi) is 2.78. The normalized spacial score (nSPS) is 10.2. The van der Waals surface area contributed by atoms with Gasteiger partial charge in [-0.15, -0.1) is 0 Å². The van der Waals surface area contributed by atoms with Gasteiger partial charge in [0.05, 0.1) is 18.2 Å². The average molecular weight is 230 g/mol. The molecule has 0 aliphatic heterocycles. The molecule has 0 unspecified atom stereocenters. The average Bonchev–Trinajstić information content (AvgIpc) is 2.38. The maximum atomic E-state index is 11.6. The van der Waals surface area contributed by atoms with Crippen LogP contribution in [0.5, 0.6) is 5.75 Å². The molecule has 0 heterocycles. The molecule has 0 saturated heterocycles. The summed E-state index contributed by atoms with van der Waals surface area (Å²) < 4.78 is 4.65. The van der Waals surface area contributed by atoms with Crippen molar-refractivity contribution in [1.29, 1.82) is 0 Å². The minimum Gasteiger partial charge on any atom is -0.507 e. The number of methoxy groups -OCH3 is 1. The molecule has 86 valence electrons. The van der Waals surface area contributed by atoms with Gasteiger partial charge in [-0.3, -0.25) is 4.79 Å². The van der Waals surface area contributed by atoms with Crippen molar-refractivity contribution in [2.24, 2.45) is 0 Å². The number of phenolic OH excluding ortho intramolecular Hbond substituents is 1. The number of benzene rings is 2. The number of phenols is 1. The molecule has 2 aromatic carbocycles. The van der Waals surface area contributed by atoms with Crippen molar-refractivity contribution < 1.29 is 19.4 Å². The van der Waals surface area contributed by atoms with Crippen molar-refractivity contribution >= 4 is 23.0 Å². The fourth-order valence-electron chi connectivity index (χ4n) is 1.75. The highest BCUT2D eigenvalue weighted by Crippen LogP contribution is 2.31. The van der Waals surface area contributed by atoms with E-state index in [1.165, 1.54) is 13.2 Å². The zero-order valence-electron chi connectivity index (χ0n) is 9.14. The van der Waals surface area contributed by atoms with E-state index in [4.69, 9.17) is 0 Å². The second-order valence-electron chi connectivity index (χ2n) is 3.52. The van der Waals surface area contributed by atoms with Gasteiger partial charge >= 0.3 is 5.97 Å². The van der Waals surface area contributed by atoms with Gasteiger partial charge in [-0.1, -0.05) is 24.3 Å². The molecule has 0 bridgehead atoms. The zero-order valence-corrected chi connectivity index (χ0v) is 9.14. The van der Waals surface area contributed by atoms with Gasteiger partial charge in [-0.25, -0.2) is 4.79 Å². The Hall–Kier alpha value is -2.36. The van der Waals surface area contributed by atoms with Crippen LogP contribution in [-0.4, -0.2) is 24.5 Å². The van der Waals surface area contributed by atoms with Gasteiger partial charge in [0, 0.05) is 5.39 Å². The fourth-order valence-corrected chi connectivity index (χ4v) is 1.75. The van der Waals surface area contributed by atoms with E-state index >= 15 is 0 Å². The molecule has 0 aliphatic rings. The summed E-state index contributed by atoms with van der Waals surface area (Å²) in [5.41, 5.74) is 0.340. The first-order valence-electron chi connectivity index (χ1n) is 4.97. The highest BCUT2D eigenvalue weighted by Gasteiger charge is 2.15. The number of aldehydes is 1. The first kappa shape index (κ1) is 11.1. The molecular formula is C13H10O4. The Morgan fingerprint density at radius 3 is 2.53 bits per heavy atom. The maximum Gasteiger partial charge on any atom is 0.338 e. The van der Waals surface area contributed by atoms with Crippen LogP contribution in [0.25, 0.3) is 10.8 Å². The predicted octanol–water partition coefficient (Wildman–Crippen LogP) is 2.14. The SMILES string of the molecule is COC(=O)c1cc(C=O)c(O)c2ccccc12. The molecule has 1 N–H and O–H groups in total. The molecule has 0 spiro atoms. The van der Waals surface area contributed by atoms with Crippen LogP contribution in [0.15, 0.2) is 30.3 Å². The molecule has 0 saturated carbocycles. The molecule has 0 amide bonds. The lowest BCUT2D eigenvalue weighted by molar-refractivity contribution is 0.0603. The van der Waals surface area contributed by atoms with Crippen LogP contribution < -0.4 is 0 Å². The number of ether oxygens (including phenoxy) is 1. The van der Waals surface area contributed by atoms with E-state index in [-0.39, 0.29) is 16.9 Å². The molecule has 0 radical (unpaired) electrons. The Morgan fingerprint density at radius 2 is 1.94 bits per heavy atom. The first-order chi connectivity index (χ1) is 8.19. The van der Waals surface area contributed by atoms with Gasteiger partial charge in [0.2, 0.25) is 0 Å². The summed E-state index contributed by atoms with van der Waals surface area (Å²) in [6, 6.07) is 8.13. The van der Waals surface area contributed by atoms with Gasteiger partial charge < -0.3 is 9.84 Å². The minimum absolute atomic E-state index is 0.0732. The molecule has 0 fully saturated rings. The second-order valence-corrected chi connectivity index (χ2v) is 3.52. The third-order valence-corrected chi connectivity index (χ3v) is 2.58. The monoisotopic (exact) mass is 230 g/mol. The standard InChI is InChI=1S/C13H10O4/c1-17-13(16)11-6-8(7-14)12(15)10-5-3-2-4-9(10)11/h2-7,15H,1H3. The van der Waals surface area contributed by atoms with Crippen LogP contribution in [0.4, 0.5) is 0 Å². The number of hydrogen-bond donors (Lipinski definition) is 1. The van der Waals surface area contributed by atoms with E-state index in [1.54, 1.807) is 24.3 Å². The van der Waals surface area contributed by atoms with Gasteiger partial charge in [0.15, 0.2) is 6.29 Å². The van der Waals surface area contributed by atoms with E-state index in [1.807, 2.05) is 0 Å². The third kappa shape index (κ3) is 1.73. The van der Waals surface area contributed by atoms with Gasteiger partial charge in [-0.2, -0.15) is 0 Å². The number of fused-ring (bicyclic) bond motifs is 1. The number of esters is 1. The summed E-state index contributed by atoms with van der Waals surface area (Å²) in [5, 5.41) is 10.9. The molecule has 17 heavy (non-hydrogen) atoms. The van der Waals surface area contributed by atoms with E-state index in [9.17, 15) is 14.7 Å². The van der Waals surface area contributed by atoms with Crippen molar-refractivity contribution in [3.63, 3.8) is 0 Å². The van der Waals surface area contributed by atoms with Gasteiger partial charge in [-0.05, 0) is 11.5 Å². The van der Waals surface area contributed by atoms with Crippen LogP contribution in [0.3, 0.4) is 0 Å². The maximum absolute atomic E-state index is 11.6. The lowest BCUT2D eigenvalue weighted by atomic mass is 10.00. The number of aromatic hydroxyl groups is 1. The Balaban J connectivity index is 2.87. The van der Waals surface area contributed by atoms with Crippen LogP contribution in [0.1, 0.15) is 20.7 Å². The molecule has 0 aromatic heterocycles. The second kappa shape index (κ2) is 4.25. The van der Waals surface area contributed by atoms with Crippen LogP contribution in [-0.2, 0) is 4.74 Å². The molecule has 2 rings (SSSR count). The first-order valence-corrected chi connectivity index (χ1v) is 4.97. The fraction of sp³-hybridized carbons (Fsp3) is 0.0769. The molecular weight excluding hydrogens is 220 g/mol. The minimum atomic E-state index is -0.538. The van der Waals surface area contributed by atoms with E-state index in [0.717, 1.165) is 0 Å². The van der Waals surface area contributed by atoms with Crippen molar-refractivity contribution in [1.82, 2.24) is 0 Å². The molecule has 0 aliphatic carbocycles. The topological polar surface area (TPSA) is 63.6 Å². The molecule has 2 aromatic rings.